The van der Waals surface area contributed by atoms with Crippen LogP contribution in [0.3, 0.4) is 0 Å². The molecule has 1 N–H and O–H groups in total. The molecule has 0 atom stereocenters. The molecule has 4 nitrogen and oxygen atoms in total. The van der Waals surface area contributed by atoms with Crippen molar-refractivity contribution < 1.29 is 18.0 Å². The van der Waals surface area contributed by atoms with Crippen LogP contribution in [0.5, 0.6) is 0 Å². The van der Waals surface area contributed by atoms with Gasteiger partial charge in [0.2, 0.25) is 0 Å². The highest BCUT2D eigenvalue weighted by Gasteiger charge is 2.33. The summed E-state index contributed by atoms with van der Waals surface area (Å²) in [4.78, 5) is 14.3. The predicted molar refractivity (Wildman–Crippen MR) is 106 cm³/mol. The maximum Gasteiger partial charge on any atom is 0.418 e. The molecule has 29 heavy (non-hydrogen) atoms. The van der Waals surface area contributed by atoms with Crippen molar-refractivity contribution in [2.75, 3.05) is 5.32 Å². The Morgan fingerprint density at radius 2 is 1.90 bits per heavy atom. The first-order chi connectivity index (χ1) is 13.6. The molecule has 0 aliphatic carbocycles. The third-order valence-electron chi connectivity index (χ3n) is 4.09. The SMILES string of the molecule is CC(C)N(Cc1ccccc1)C(=O)/C(C#N)=C\Nc1ccc(Cl)cc1C(F)(F)F. The average Bonchev–Trinajstić information content (AvgIpc) is 2.67. The number of hydrogen-bond donors (Lipinski definition) is 1. The molecule has 0 saturated carbocycles. The van der Waals surface area contributed by atoms with E-state index in [0.717, 1.165) is 23.9 Å². The van der Waals surface area contributed by atoms with E-state index in [4.69, 9.17) is 11.6 Å². The fourth-order valence-electron chi connectivity index (χ4n) is 2.59. The molecule has 2 rings (SSSR count). The van der Waals surface area contributed by atoms with E-state index in [2.05, 4.69) is 5.32 Å². The van der Waals surface area contributed by atoms with E-state index < -0.39 is 17.6 Å². The van der Waals surface area contributed by atoms with E-state index in [0.29, 0.717) is 0 Å². The van der Waals surface area contributed by atoms with E-state index in [9.17, 15) is 23.2 Å². The van der Waals surface area contributed by atoms with Crippen LogP contribution in [0.1, 0.15) is 25.0 Å². The quantitative estimate of drug-likeness (QED) is 0.486. The van der Waals surface area contributed by atoms with Crippen LogP contribution in [0.25, 0.3) is 0 Å². The number of rotatable bonds is 6. The number of alkyl halides is 3. The summed E-state index contributed by atoms with van der Waals surface area (Å²) in [6, 6.07) is 14.0. The van der Waals surface area contributed by atoms with Gasteiger partial charge >= 0.3 is 6.18 Å². The van der Waals surface area contributed by atoms with Crippen LogP contribution in [0.15, 0.2) is 60.3 Å². The van der Waals surface area contributed by atoms with Crippen LogP contribution in [-0.4, -0.2) is 16.8 Å². The molecule has 1 amide bonds. The Morgan fingerprint density at radius 3 is 2.45 bits per heavy atom. The van der Waals surface area contributed by atoms with E-state index >= 15 is 0 Å². The van der Waals surface area contributed by atoms with E-state index in [-0.39, 0.29) is 28.9 Å². The Balaban J connectivity index is 2.29. The zero-order valence-electron chi connectivity index (χ0n) is 15.8. The second-order valence-electron chi connectivity index (χ2n) is 6.51. The molecule has 2 aromatic rings. The summed E-state index contributed by atoms with van der Waals surface area (Å²) >= 11 is 5.66. The van der Waals surface area contributed by atoms with Gasteiger partial charge in [0.1, 0.15) is 11.6 Å². The van der Waals surface area contributed by atoms with Crippen molar-refractivity contribution in [3.8, 4) is 6.07 Å². The fourth-order valence-corrected chi connectivity index (χ4v) is 2.76. The second-order valence-corrected chi connectivity index (χ2v) is 6.95. The fraction of sp³-hybridized carbons (Fsp3) is 0.238. The van der Waals surface area contributed by atoms with Crippen molar-refractivity contribution in [1.82, 2.24) is 4.90 Å². The average molecular weight is 422 g/mol. The molecular formula is C21H19ClF3N3O. The molecule has 0 fully saturated rings. The first-order valence-corrected chi connectivity index (χ1v) is 9.09. The van der Waals surface area contributed by atoms with E-state index in [1.54, 1.807) is 19.9 Å². The molecule has 152 valence electrons. The predicted octanol–water partition coefficient (Wildman–Crippen LogP) is 5.62. The van der Waals surface area contributed by atoms with Crippen molar-refractivity contribution in [2.24, 2.45) is 0 Å². The number of carbonyl (C=O) groups is 1. The lowest BCUT2D eigenvalue weighted by Gasteiger charge is -2.26. The summed E-state index contributed by atoms with van der Waals surface area (Å²) in [6.07, 6.45) is -3.66. The maximum absolute atomic E-state index is 13.2. The minimum atomic E-state index is -4.64. The van der Waals surface area contributed by atoms with Gasteiger partial charge in [0, 0.05) is 23.8 Å². The molecule has 0 unspecified atom stereocenters. The molecule has 0 aliphatic heterocycles. The van der Waals surface area contributed by atoms with Crippen molar-refractivity contribution in [3.05, 3.63) is 76.5 Å². The van der Waals surface area contributed by atoms with Crippen molar-refractivity contribution in [3.63, 3.8) is 0 Å². The molecule has 2 aromatic carbocycles. The molecule has 0 aliphatic rings. The topological polar surface area (TPSA) is 56.1 Å². The summed E-state index contributed by atoms with van der Waals surface area (Å²) in [5, 5.41) is 11.7. The lowest BCUT2D eigenvalue weighted by atomic mass is 10.1. The highest BCUT2D eigenvalue weighted by atomic mass is 35.5. The Hall–Kier alpha value is -2.98. The zero-order chi connectivity index (χ0) is 21.6. The van der Waals surface area contributed by atoms with Crippen molar-refractivity contribution in [1.29, 1.82) is 5.26 Å². The number of amides is 1. The van der Waals surface area contributed by atoms with Gasteiger partial charge in [-0.25, -0.2) is 0 Å². The summed E-state index contributed by atoms with van der Waals surface area (Å²) in [7, 11) is 0. The Morgan fingerprint density at radius 1 is 1.24 bits per heavy atom. The molecule has 0 saturated heterocycles. The van der Waals surface area contributed by atoms with Crippen LogP contribution < -0.4 is 5.32 Å². The molecule has 8 heteroatoms. The van der Waals surface area contributed by atoms with Crippen LogP contribution in [0.2, 0.25) is 5.02 Å². The van der Waals surface area contributed by atoms with Gasteiger partial charge in [-0.05, 0) is 37.6 Å². The number of hydrogen-bond acceptors (Lipinski definition) is 3. The van der Waals surface area contributed by atoms with Gasteiger partial charge < -0.3 is 10.2 Å². The molecule has 0 aromatic heterocycles. The zero-order valence-corrected chi connectivity index (χ0v) is 16.6. The number of anilines is 1. The number of nitriles is 1. The number of benzene rings is 2. The lowest BCUT2D eigenvalue weighted by Crippen LogP contribution is -2.37. The van der Waals surface area contributed by atoms with Crippen LogP contribution in [0.4, 0.5) is 18.9 Å². The summed E-state index contributed by atoms with van der Waals surface area (Å²) < 4.78 is 39.6. The monoisotopic (exact) mass is 421 g/mol. The van der Waals surface area contributed by atoms with Gasteiger partial charge in [0.15, 0.2) is 0 Å². The van der Waals surface area contributed by atoms with Gasteiger partial charge in [0.05, 0.1) is 11.3 Å². The van der Waals surface area contributed by atoms with Crippen LogP contribution in [0, 0.1) is 11.3 Å². The largest absolute Gasteiger partial charge is 0.418 e. The third kappa shape index (κ3) is 6.00. The number of carbonyl (C=O) groups excluding carboxylic acids is 1. The van der Waals surface area contributed by atoms with Crippen molar-refractivity contribution in [2.45, 2.75) is 32.6 Å². The first kappa shape index (κ1) is 22.3. The normalized spacial score (nSPS) is 11.9. The highest BCUT2D eigenvalue weighted by molar-refractivity contribution is 6.30. The van der Waals surface area contributed by atoms with E-state index in [1.165, 1.54) is 11.0 Å². The molecule has 0 bridgehead atoms. The number of halogens is 4. The first-order valence-electron chi connectivity index (χ1n) is 8.72. The Kier molecular flexibility index (Phi) is 7.29. The summed E-state index contributed by atoms with van der Waals surface area (Å²) in [5.41, 5.74) is -0.729. The van der Waals surface area contributed by atoms with Gasteiger partial charge in [-0.15, -0.1) is 0 Å². The minimum absolute atomic E-state index is 0.0720. The van der Waals surface area contributed by atoms with Gasteiger partial charge in [-0.3, -0.25) is 4.79 Å². The molecule has 0 heterocycles. The molecule has 0 spiro atoms. The summed E-state index contributed by atoms with van der Waals surface area (Å²) in [5.74, 6) is -0.582. The minimum Gasteiger partial charge on any atom is -0.360 e. The second kappa shape index (κ2) is 9.48. The standard InChI is InChI=1S/C21H19ClF3N3O/c1-14(2)28(13-15-6-4-3-5-7-15)20(29)16(11-26)12-27-19-9-8-17(22)10-18(19)21(23,24)25/h3-10,12,14,27H,13H2,1-2H3/b16-12-. The maximum atomic E-state index is 13.2. The van der Waals surface area contributed by atoms with Gasteiger partial charge in [-0.2, -0.15) is 18.4 Å². The van der Waals surface area contributed by atoms with Crippen molar-refractivity contribution >= 4 is 23.2 Å². The smallest absolute Gasteiger partial charge is 0.360 e. The van der Waals surface area contributed by atoms with E-state index in [1.807, 2.05) is 30.3 Å². The van der Waals surface area contributed by atoms with Crippen LogP contribution in [-0.2, 0) is 17.5 Å². The highest BCUT2D eigenvalue weighted by Crippen LogP contribution is 2.36. The third-order valence-corrected chi connectivity index (χ3v) is 4.32. The number of nitrogens with one attached hydrogen (secondary N) is 1. The van der Waals surface area contributed by atoms with Gasteiger partial charge in [0.25, 0.3) is 5.91 Å². The molecular weight excluding hydrogens is 403 g/mol. The Labute approximate surface area is 172 Å². The number of nitrogens with zero attached hydrogens (tertiary/aromatic N) is 2. The van der Waals surface area contributed by atoms with Crippen LogP contribution >= 0.6 is 11.6 Å². The molecule has 0 radical (unpaired) electrons. The summed E-state index contributed by atoms with van der Waals surface area (Å²) in [6.45, 7) is 3.86. The Bertz CT molecular complexity index is 934. The van der Waals surface area contributed by atoms with Gasteiger partial charge in [-0.1, -0.05) is 41.9 Å². The lowest BCUT2D eigenvalue weighted by molar-refractivity contribution is -0.137.